The van der Waals surface area contributed by atoms with Gasteiger partial charge in [-0.05, 0) is 25.0 Å². The standard InChI is InChI=1S/C15H18N4O2/c1-21-15(20)12-13(16)19(11-7-3-2-4-8-11)17-14(12)18-9-5-6-10-18/h2-4,7-8H,5-6,9-10,16H2,1H3. The molecule has 0 bridgehead atoms. The summed E-state index contributed by atoms with van der Waals surface area (Å²) in [6, 6.07) is 9.54. The molecule has 0 atom stereocenters. The first-order valence-corrected chi connectivity index (χ1v) is 6.99. The van der Waals surface area contributed by atoms with E-state index >= 15 is 0 Å². The minimum Gasteiger partial charge on any atom is -0.465 e. The van der Waals surface area contributed by atoms with Crippen molar-refractivity contribution in [2.75, 3.05) is 30.8 Å². The van der Waals surface area contributed by atoms with Gasteiger partial charge in [0.05, 0.1) is 12.8 Å². The number of esters is 1. The van der Waals surface area contributed by atoms with Crippen LogP contribution >= 0.6 is 0 Å². The molecular weight excluding hydrogens is 268 g/mol. The van der Waals surface area contributed by atoms with Crippen LogP contribution in [0.25, 0.3) is 5.69 Å². The van der Waals surface area contributed by atoms with Gasteiger partial charge in [0.2, 0.25) is 0 Å². The molecule has 0 radical (unpaired) electrons. The van der Waals surface area contributed by atoms with E-state index in [0.29, 0.717) is 17.2 Å². The van der Waals surface area contributed by atoms with Crippen LogP contribution in [0.5, 0.6) is 0 Å². The Bertz CT molecular complexity index is 645. The third-order valence-electron chi connectivity index (χ3n) is 3.70. The summed E-state index contributed by atoms with van der Waals surface area (Å²) >= 11 is 0. The number of carbonyl (C=O) groups excluding carboxylic acids is 1. The topological polar surface area (TPSA) is 73.4 Å². The molecular formula is C15H18N4O2. The average molecular weight is 286 g/mol. The number of methoxy groups -OCH3 is 1. The zero-order chi connectivity index (χ0) is 14.8. The van der Waals surface area contributed by atoms with E-state index in [2.05, 4.69) is 10.00 Å². The van der Waals surface area contributed by atoms with Crippen LogP contribution in [0.4, 0.5) is 11.6 Å². The second-order valence-electron chi connectivity index (χ2n) is 5.02. The first-order chi connectivity index (χ1) is 10.2. The number of aromatic nitrogens is 2. The minimum absolute atomic E-state index is 0.315. The molecule has 0 amide bonds. The third kappa shape index (κ3) is 2.33. The largest absolute Gasteiger partial charge is 0.465 e. The molecule has 3 rings (SSSR count). The molecule has 1 aliphatic heterocycles. The van der Waals surface area contributed by atoms with Crippen molar-refractivity contribution in [1.29, 1.82) is 0 Å². The zero-order valence-electron chi connectivity index (χ0n) is 12.0. The second-order valence-corrected chi connectivity index (χ2v) is 5.02. The summed E-state index contributed by atoms with van der Waals surface area (Å²) in [4.78, 5) is 14.2. The maximum absolute atomic E-state index is 12.1. The molecule has 0 spiro atoms. The van der Waals surface area contributed by atoms with E-state index in [1.807, 2.05) is 30.3 Å². The number of anilines is 2. The van der Waals surface area contributed by atoms with E-state index < -0.39 is 5.97 Å². The maximum Gasteiger partial charge on any atom is 0.345 e. The van der Waals surface area contributed by atoms with E-state index in [9.17, 15) is 4.79 Å². The molecule has 1 aromatic carbocycles. The van der Waals surface area contributed by atoms with E-state index in [1.54, 1.807) is 4.68 Å². The number of nitrogens with zero attached hydrogens (tertiary/aromatic N) is 3. The van der Waals surface area contributed by atoms with Crippen LogP contribution < -0.4 is 10.6 Å². The van der Waals surface area contributed by atoms with Crippen LogP contribution in [0.3, 0.4) is 0 Å². The van der Waals surface area contributed by atoms with Gasteiger partial charge in [0.25, 0.3) is 0 Å². The molecule has 110 valence electrons. The number of nitrogen functional groups attached to an aromatic ring is 1. The Hall–Kier alpha value is -2.50. The molecule has 0 unspecified atom stereocenters. The fourth-order valence-corrected chi connectivity index (χ4v) is 2.63. The second kappa shape index (κ2) is 5.47. The number of ether oxygens (including phenoxy) is 1. The quantitative estimate of drug-likeness (QED) is 0.872. The summed E-state index contributed by atoms with van der Waals surface area (Å²) in [6.07, 6.45) is 2.19. The summed E-state index contributed by atoms with van der Waals surface area (Å²) in [5.74, 6) is 0.479. The lowest BCUT2D eigenvalue weighted by Gasteiger charge is -2.15. The van der Waals surface area contributed by atoms with E-state index in [-0.39, 0.29) is 0 Å². The predicted molar refractivity (Wildman–Crippen MR) is 80.8 cm³/mol. The molecule has 6 nitrogen and oxygen atoms in total. The molecule has 1 aliphatic rings. The minimum atomic E-state index is -0.448. The van der Waals surface area contributed by atoms with Gasteiger partial charge in [0.1, 0.15) is 11.4 Å². The Morgan fingerprint density at radius 2 is 1.90 bits per heavy atom. The lowest BCUT2D eigenvalue weighted by Crippen LogP contribution is -2.21. The first-order valence-electron chi connectivity index (χ1n) is 6.99. The van der Waals surface area contributed by atoms with E-state index in [0.717, 1.165) is 31.6 Å². The molecule has 1 saturated heterocycles. The summed E-state index contributed by atoms with van der Waals surface area (Å²) in [6.45, 7) is 1.77. The number of hydrogen-bond donors (Lipinski definition) is 1. The number of nitrogens with two attached hydrogens (primary N) is 1. The maximum atomic E-state index is 12.1. The highest BCUT2D eigenvalue weighted by Crippen LogP contribution is 2.30. The monoisotopic (exact) mass is 286 g/mol. The molecule has 1 fully saturated rings. The smallest absolute Gasteiger partial charge is 0.345 e. The average Bonchev–Trinajstić information content (AvgIpc) is 3.15. The van der Waals surface area contributed by atoms with Crippen LogP contribution in [0, 0.1) is 0 Å². The van der Waals surface area contributed by atoms with Crippen molar-refractivity contribution in [3.8, 4) is 5.69 Å². The van der Waals surface area contributed by atoms with Crippen molar-refractivity contribution in [3.05, 3.63) is 35.9 Å². The van der Waals surface area contributed by atoms with Gasteiger partial charge in [-0.2, -0.15) is 0 Å². The van der Waals surface area contributed by atoms with Crippen molar-refractivity contribution >= 4 is 17.6 Å². The van der Waals surface area contributed by atoms with Crippen molar-refractivity contribution in [2.45, 2.75) is 12.8 Å². The Morgan fingerprint density at radius 3 is 2.52 bits per heavy atom. The highest BCUT2D eigenvalue weighted by atomic mass is 16.5. The van der Waals surface area contributed by atoms with Crippen molar-refractivity contribution < 1.29 is 9.53 Å². The Balaban J connectivity index is 2.12. The third-order valence-corrected chi connectivity index (χ3v) is 3.70. The SMILES string of the molecule is COC(=O)c1c(N2CCCC2)nn(-c2ccccc2)c1N. The molecule has 2 N–H and O–H groups in total. The van der Waals surface area contributed by atoms with Gasteiger partial charge in [0, 0.05) is 13.1 Å². The summed E-state index contributed by atoms with van der Waals surface area (Å²) in [7, 11) is 1.36. The summed E-state index contributed by atoms with van der Waals surface area (Å²) < 4.78 is 6.46. The molecule has 0 aliphatic carbocycles. The number of carbonyl (C=O) groups is 1. The van der Waals surface area contributed by atoms with E-state index in [1.165, 1.54) is 7.11 Å². The lowest BCUT2D eigenvalue weighted by atomic mass is 10.2. The van der Waals surface area contributed by atoms with Crippen LogP contribution in [-0.2, 0) is 4.74 Å². The van der Waals surface area contributed by atoms with Crippen LogP contribution in [0.15, 0.2) is 30.3 Å². The molecule has 2 heterocycles. The molecule has 1 aromatic heterocycles. The van der Waals surface area contributed by atoms with Crippen LogP contribution in [0.2, 0.25) is 0 Å². The highest BCUT2D eigenvalue weighted by Gasteiger charge is 2.28. The number of benzene rings is 1. The van der Waals surface area contributed by atoms with Gasteiger partial charge >= 0.3 is 5.97 Å². The van der Waals surface area contributed by atoms with Gasteiger partial charge in [-0.3, -0.25) is 0 Å². The van der Waals surface area contributed by atoms with Crippen molar-refractivity contribution in [1.82, 2.24) is 9.78 Å². The zero-order valence-corrected chi connectivity index (χ0v) is 12.0. The van der Waals surface area contributed by atoms with Crippen LogP contribution in [-0.4, -0.2) is 35.9 Å². The van der Waals surface area contributed by atoms with Gasteiger partial charge in [-0.25, -0.2) is 9.48 Å². The molecule has 0 saturated carbocycles. The lowest BCUT2D eigenvalue weighted by molar-refractivity contribution is 0.0602. The van der Waals surface area contributed by atoms with E-state index in [4.69, 9.17) is 10.5 Å². The fourth-order valence-electron chi connectivity index (χ4n) is 2.63. The van der Waals surface area contributed by atoms with Crippen molar-refractivity contribution in [2.24, 2.45) is 0 Å². The number of rotatable bonds is 3. The Morgan fingerprint density at radius 1 is 1.24 bits per heavy atom. The van der Waals surface area contributed by atoms with Gasteiger partial charge < -0.3 is 15.4 Å². The van der Waals surface area contributed by atoms with Gasteiger partial charge in [0.15, 0.2) is 5.82 Å². The normalized spacial score (nSPS) is 14.4. The summed E-state index contributed by atoms with van der Waals surface area (Å²) in [5, 5.41) is 4.55. The van der Waals surface area contributed by atoms with Gasteiger partial charge in [-0.15, -0.1) is 5.10 Å². The molecule has 6 heteroatoms. The van der Waals surface area contributed by atoms with Crippen LogP contribution in [0.1, 0.15) is 23.2 Å². The Labute approximate surface area is 123 Å². The number of hydrogen-bond acceptors (Lipinski definition) is 5. The molecule has 21 heavy (non-hydrogen) atoms. The first kappa shape index (κ1) is 13.5. The fraction of sp³-hybridized carbons (Fsp3) is 0.333. The number of para-hydroxylation sites is 1. The van der Waals surface area contributed by atoms with Gasteiger partial charge in [-0.1, -0.05) is 18.2 Å². The molecule has 2 aromatic rings. The highest BCUT2D eigenvalue weighted by molar-refractivity contribution is 6.00. The van der Waals surface area contributed by atoms with Crippen molar-refractivity contribution in [3.63, 3.8) is 0 Å². The summed E-state index contributed by atoms with van der Waals surface area (Å²) in [5.41, 5.74) is 7.33. The Kier molecular flexibility index (Phi) is 3.51. The predicted octanol–water partition coefficient (Wildman–Crippen LogP) is 1.84.